The van der Waals surface area contributed by atoms with Crippen molar-refractivity contribution >= 4 is 21.9 Å². The fourth-order valence-corrected chi connectivity index (χ4v) is 1.39. The predicted octanol–water partition coefficient (Wildman–Crippen LogP) is 3.49. The lowest BCUT2D eigenvalue weighted by atomic mass is 10.1. The van der Waals surface area contributed by atoms with E-state index in [1.165, 1.54) is 0 Å². The molecule has 0 aliphatic carbocycles. The highest BCUT2D eigenvalue weighted by Gasteiger charge is 2.38. The second kappa shape index (κ2) is 6.32. The second-order valence-electron chi connectivity index (χ2n) is 3.14. The van der Waals surface area contributed by atoms with Gasteiger partial charge in [0.1, 0.15) is 0 Å². The van der Waals surface area contributed by atoms with Crippen molar-refractivity contribution in [3.05, 3.63) is 0 Å². The van der Waals surface area contributed by atoms with Crippen molar-refractivity contribution in [1.82, 2.24) is 0 Å². The van der Waals surface area contributed by atoms with Crippen molar-refractivity contribution in [3.8, 4) is 0 Å². The Hall–Kier alpha value is -0.190. The Bertz CT molecular complexity index is 180. The summed E-state index contributed by atoms with van der Waals surface area (Å²) >= 11 is 2.22. The van der Waals surface area contributed by atoms with Crippen molar-refractivity contribution in [2.24, 2.45) is 0 Å². The van der Waals surface area contributed by atoms with E-state index in [1.54, 1.807) is 0 Å². The minimum absolute atomic E-state index is 0.186. The summed E-state index contributed by atoms with van der Waals surface area (Å²) in [7, 11) is 0. The van der Waals surface area contributed by atoms with E-state index in [4.69, 9.17) is 0 Å². The number of ether oxygens (including phenoxy) is 1. The molecule has 0 N–H and O–H groups in total. The number of hydrogen-bond acceptors (Lipinski definition) is 2. The fraction of sp³-hybridized carbons (Fsp3) is 0.889. The summed E-state index contributed by atoms with van der Waals surface area (Å²) in [5, 5.41) is 0. The SMILES string of the molecule is CCCCCC(OC(C)=O)C(F)(F)Br. The average Bonchev–Trinajstić information content (AvgIpc) is 2.00. The van der Waals surface area contributed by atoms with Crippen LogP contribution >= 0.6 is 15.9 Å². The molecule has 0 rings (SSSR count). The minimum atomic E-state index is -3.13. The van der Waals surface area contributed by atoms with Crippen LogP contribution in [0.15, 0.2) is 0 Å². The first-order chi connectivity index (χ1) is 6.38. The molecule has 0 spiro atoms. The molecule has 0 aromatic carbocycles. The molecule has 84 valence electrons. The summed E-state index contributed by atoms with van der Waals surface area (Å²) in [6.07, 6.45) is 1.27. The summed E-state index contributed by atoms with van der Waals surface area (Å²) in [5.41, 5.74) is 0. The smallest absolute Gasteiger partial charge is 0.337 e. The molecule has 1 unspecified atom stereocenters. The van der Waals surface area contributed by atoms with Crippen LogP contribution in [0.2, 0.25) is 0 Å². The standard InChI is InChI=1S/C9H15BrF2O2/c1-3-4-5-6-8(9(10,11)12)14-7(2)13/h8H,3-6H2,1-2H3. The van der Waals surface area contributed by atoms with Gasteiger partial charge < -0.3 is 4.74 Å². The largest absolute Gasteiger partial charge is 0.455 e. The van der Waals surface area contributed by atoms with Gasteiger partial charge in [0, 0.05) is 6.92 Å². The summed E-state index contributed by atoms with van der Waals surface area (Å²) < 4.78 is 30.2. The van der Waals surface area contributed by atoms with Gasteiger partial charge in [-0.05, 0) is 28.8 Å². The van der Waals surface area contributed by atoms with E-state index in [0.717, 1.165) is 19.8 Å². The molecule has 2 nitrogen and oxygen atoms in total. The van der Waals surface area contributed by atoms with Gasteiger partial charge in [-0.25, -0.2) is 0 Å². The third-order valence-electron chi connectivity index (χ3n) is 1.74. The zero-order valence-corrected chi connectivity index (χ0v) is 9.94. The maximum Gasteiger partial charge on any atom is 0.337 e. The highest BCUT2D eigenvalue weighted by Crippen LogP contribution is 2.31. The molecular weight excluding hydrogens is 258 g/mol. The normalized spacial score (nSPS) is 13.8. The molecule has 0 radical (unpaired) electrons. The van der Waals surface area contributed by atoms with Crippen molar-refractivity contribution < 1.29 is 18.3 Å². The number of hydrogen-bond donors (Lipinski definition) is 0. The minimum Gasteiger partial charge on any atom is -0.455 e. The Balaban J connectivity index is 4.05. The molecule has 0 bridgehead atoms. The molecule has 1 atom stereocenters. The lowest BCUT2D eigenvalue weighted by molar-refractivity contribution is -0.157. The molecular formula is C9H15BrF2O2. The van der Waals surface area contributed by atoms with Crippen LogP contribution in [0.3, 0.4) is 0 Å². The topological polar surface area (TPSA) is 26.3 Å². The van der Waals surface area contributed by atoms with Gasteiger partial charge in [-0.1, -0.05) is 19.8 Å². The molecule has 0 aliphatic rings. The van der Waals surface area contributed by atoms with Crippen LogP contribution in [-0.4, -0.2) is 16.9 Å². The zero-order chi connectivity index (χ0) is 11.2. The number of alkyl halides is 3. The number of unbranched alkanes of at least 4 members (excludes halogenated alkanes) is 2. The maximum atomic E-state index is 12.8. The molecule has 14 heavy (non-hydrogen) atoms. The first-order valence-corrected chi connectivity index (χ1v) is 5.41. The number of carbonyl (C=O) groups excluding carboxylic acids is 1. The van der Waals surface area contributed by atoms with E-state index in [-0.39, 0.29) is 6.42 Å². The fourth-order valence-electron chi connectivity index (χ4n) is 1.07. The van der Waals surface area contributed by atoms with Gasteiger partial charge >= 0.3 is 10.8 Å². The second-order valence-corrected chi connectivity index (χ2v) is 4.19. The quantitative estimate of drug-likeness (QED) is 0.420. The van der Waals surface area contributed by atoms with Crippen molar-refractivity contribution in [3.63, 3.8) is 0 Å². The highest BCUT2D eigenvalue weighted by molar-refractivity contribution is 9.10. The van der Waals surface area contributed by atoms with Crippen LogP contribution in [-0.2, 0) is 9.53 Å². The monoisotopic (exact) mass is 272 g/mol. The van der Waals surface area contributed by atoms with Gasteiger partial charge in [0.15, 0.2) is 6.10 Å². The Kier molecular flexibility index (Phi) is 6.24. The van der Waals surface area contributed by atoms with E-state index >= 15 is 0 Å². The summed E-state index contributed by atoms with van der Waals surface area (Å²) in [4.78, 5) is 7.42. The van der Waals surface area contributed by atoms with E-state index in [0.29, 0.717) is 6.42 Å². The molecule has 0 aromatic heterocycles. The van der Waals surface area contributed by atoms with Gasteiger partial charge in [0.05, 0.1) is 0 Å². The molecule has 0 aromatic rings. The molecule has 5 heteroatoms. The lowest BCUT2D eigenvalue weighted by Gasteiger charge is -2.21. The van der Waals surface area contributed by atoms with E-state index in [2.05, 4.69) is 20.7 Å². The third-order valence-corrected chi connectivity index (χ3v) is 2.25. The lowest BCUT2D eigenvalue weighted by Crippen LogP contribution is -2.31. The third kappa shape index (κ3) is 6.29. The van der Waals surface area contributed by atoms with Gasteiger partial charge in [-0.15, -0.1) is 0 Å². The zero-order valence-electron chi connectivity index (χ0n) is 8.36. The first kappa shape index (κ1) is 13.8. The number of esters is 1. The van der Waals surface area contributed by atoms with Crippen molar-refractivity contribution in [2.75, 3.05) is 0 Å². The number of halogens is 3. The van der Waals surface area contributed by atoms with Crippen LogP contribution in [0, 0.1) is 0 Å². The maximum absolute atomic E-state index is 12.8. The Morgan fingerprint density at radius 2 is 2.07 bits per heavy atom. The number of rotatable bonds is 6. The molecule has 0 saturated carbocycles. The van der Waals surface area contributed by atoms with Crippen LogP contribution < -0.4 is 0 Å². The predicted molar refractivity (Wildman–Crippen MR) is 53.6 cm³/mol. The average molecular weight is 273 g/mol. The van der Waals surface area contributed by atoms with Gasteiger partial charge in [0.25, 0.3) is 0 Å². The molecule has 0 fully saturated rings. The Labute approximate surface area is 91.1 Å². The van der Waals surface area contributed by atoms with Crippen molar-refractivity contribution in [2.45, 2.75) is 50.5 Å². The molecule has 0 saturated heterocycles. The van der Waals surface area contributed by atoms with Crippen LogP contribution in [0.25, 0.3) is 0 Å². The van der Waals surface area contributed by atoms with Gasteiger partial charge in [-0.2, -0.15) is 8.78 Å². The van der Waals surface area contributed by atoms with Crippen LogP contribution in [0.5, 0.6) is 0 Å². The van der Waals surface area contributed by atoms with E-state index < -0.39 is 16.9 Å². The first-order valence-electron chi connectivity index (χ1n) is 4.61. The van der Waals surface area contributed by atoms with E-state index in [1.807, 2.05) is 6.92 Å². The summed E-state index contributed by atoms with van der Waals surface area (Å²) in [5.74, 6) is -0.675. The van der Waals surface area contributed by atoms with E-state index in [9.17, 15) is 13.6 Å². The highest BCUT2D eigenvalue weighted by atomic mass is 79.9. The van der Waals surface area contributed by atoms with Crippen molar-refractivity contribution in [1.29, 1.82) is 0 Å². The summed E-state index contributed by atoms with van der Waals surface area (Å²) in [6.45, 7) is 3.11. The van der Waals surface area contributed by atoms with Gasteiger partial charge in [0.2, 0.25) is 0 Å². The van der Waals surface area contributed by atoms with Crippen LogP contribution in [0.4, 0.5) is 8.78 Å². The number of carbonyl (C=O) groups is 1. The van der Waals surface area contributed by atoms with Gasteiger partial charge in [-0.3, -0.25) is 4.79 Å². The molecule has 0 heterocycles. The van der Waals surface area contributed by atoms with Crippen LogP contribution in [0.1, 0.15) is 39.5 Å². The molecule has 0 amide bonds. The molecule has 0 aliphatic heterocycles. The Morgan fingerprint density at radius 3 is 2.43 bits per heavy atom. The summed E-state index contributed by atoms with van der Waals surface area (Å²) in [6, 6.07) is 0. The Morgan fingerprint density at radius 1 is 1.50 bits per heavy atom.